The Hall–Kier alpha value is -1.15. The van der Waals surface area contributed by atoms with Gasteiger partial charge < -0.3 is 4.74 Å². The fourth-order valence-electron chi connectivity index (χ4n) is 3.65. The standard InChI is InChI=1S/C17H24NO/c1-4-5-10-19-16-11-15-13-8-6-7-9-14(13)17(16)12(2)18(15)3/h6-9,15-17H,4-5,10-11H2,1-3H3/q+1/t15-,16-,17+/m0/s1. The first-order valence-corrected chi connectivity index (χ1v) is 7.50. The molecule has 0 radical (unpaired) electrons. The number of rotatable bonds is 4. The molecule has 0 fully saturated rings. The lowest BCUT2D eigenvalue weighted by Crippen LogP contribution is -2.46. The van der Waals surface area contributed by atoms with Gasteiger partial charge in [-0.05, 0) is 12.0 Å². The molecule has 3 atom stereocenters. The maximum atomic E-state index is 6.19. The SMILES string of the molecule is CCCCO[C@H]1C[C@H]2c3ccccc3[C@H]1C(C)=[N+]2C. The van der Waals surface area contributed by atoms with E-state index in [1.807, 2.05) is 0 Å². The van der Waals surface area contributed by atoms with Gasteiger partial charge in [-0.15, -0.1) is 0 Å². The van der Waals surface area contributed by atoms with E-state index in [1.54, 1.807) is 0 Å². The van der Waals surface area contributed by atoms with Gasteiger partial charge in [-0.25, -0.2) is 4.58 Å². The van der Waals surface area contributed by atoms with Gasteiger partial charge in [0.15, 0.2) is 11.8 Å². The Morgan fingerprint density at radius 2 is 2.00 bits per heavy atom. The van der Waals surface area contributed by atoms with Crippen LogP contribution in [0.1, 0.15) is 56.2 Å². The molecule has 4 rings (SSSR count). The molecular formula is C17H24NO+. The van der Waals surface area contributed by atoms with Gasteiger partial charge in [0.1, 0.15) is 7.05 Å². The van der Waals surface area contributed by atoms with Gasteiger partial charge >= 0.3 is 0 Å². The maximum absolute atomic E-state index is 6.19. The van der Waals surface area contributed by atoms with Crippen LogP contribution < -0.4 is 0 Å². The van der Waals surface area contributed by atoms with Crippen molar-refractivity contribution in [3.05, 3.63) is 35.4 Å². The molecule has 2 heteroatoms. The van der Waals surface area contributed by atoms with Crippen LogP contribution in [0.2, 0.25) is 0 Å². The summed E-state index contributed by atoms with van der Waals surface area (Å²) in [5.74, 6) is 0.461. The van der Waals surface area contributed by atoms with Crippen LogP contribution in [0, 0.1) is 0 Å². The maximum Gasteiger partial charge on any atom is 0.180 e. The van der Waals surface area contributed by atoms with Crippen LogP contribution in [-0.4, -0.2) is 30.0 Å². The van der Waals surface area contributed by atoms with Crippen LogP contribution in [0.3, 0.4) is 0 Å². The molecule has 3 aliphatic rings. The summed E-state index contributed by atoms with van der Waals surface area (Å²) in [5, 5.41) is 0. The summed E-state index contributed by atoms with van der Waals surface area (Å²) < 4.78 is 8.64. The topological polar surface area (TPSA) is 12.2 Å². The van der Waals surface area contributed by atoms with Gasteiger partial charge in [-0.3, -0.25) is 0 Å². The summed E-state index contributed by atoms with van der Waals surface area (Å²) in [5.41, 5.74) is 4.48. The van der Waals surface area contributed by atoms with Gasteiger partial charge in [0, 0.05) is 25.5 Å². The van der Waals surface area contributed by atoms with Crippen molar-refractivity contribution in [3.8, 4) is 0 Å². The highest BCUT2D eigenvalue weighted by Gasteiger charge is 2.48. The van der Waals surface area contributed by atoms with Crippen LogP contribution in [0.25, 0.3) is 0 Å². The third-order valence-corrected chi connectivity index (χ3v) is 4.82. The second-order valence-electron chi connectivity index (χ2n) is 5.87. The lowest BCUT2D eigenvalue weighted by atomic mass is 9.72. The number of fused-ring (bicyclic) bond motifs is 1. The summed E-state index contributed by atoms with van der Waals surface area (Å²) in [7, 11) is 2.23. The Morgan fingerprint density at radius 1 is 1.26 bits per heavy atom. The largest absolute Gasteiger partial charge is 0.377 e. The van der Waals surface area contributed by atoms with Crippen molar-refractivity contribution < 1.29 is 9.31 Å². The molecule has 0 aromatic heterocycles. The lowest BCUT2D eigenvalue weighted by molar-refractivity contribution is -0.558. The fourth-order valence-corrected chi connectivity index (χ4v) is 3.65. The van der Waals surface area contributed by atoms with E-state index in [-0.39, 0.29) is 0 Å². The van der Waals surface area contributed by atoms with Crippen LogP contribution >= 0.6 is 0 Å². The minimum Gasteiger partial charge on any atom is -0.377 e. The van der Waals surface area contributed by atoms with E-state index < -0.39 is 0 Å². The van der Waals surface area contributed by atoms with E-state index in [4.69, 9.17) is 4.74 Å². The second kappa shape index (κ2) is 5.09. The normalized spacial score (nSPS) is 28.7. The summed E-state index contributed by atoms with van der Waals surface area (Å²) in [4.78, 5) is 0. The Kier molecular flexibility index (Phi) is 3.44. The predicted octanol–water partition coefficient (Wildman–Crippen LogP) is 3.52. The molecule has 1 aromatic carbocycles. The second-order valence-corrected chi connectivity index (χ2v) is 5.87. The van der Waals surface area contributed by atoms with Crippen LogP contribution in [0.4, 0.5) is 0 Å². The van der Waals surface area contributed by atoms with E-state index in [1.165, 1.54) is 29.7 Å². The number of ether oxygens (including phenoxy) is 1. The molecule has 0 spiro atoms. The number of hydrogen-bond acceptors (Lipinski definition) is 1. The molecule has 0 saturated carbocycles. The third-order valence-electron chi connectivity index (χ3n) is 4.82. The summed E-state index contributed by atoms with van der Waals surface area (Å²) in [6.45, 7) is 5.39. The van der Waals surface area contributed by atoms with Crippen molar-refractivity contribution in [1.29, 1.82) is 0 Å². The summed E-state index contributed by atoms with van der Waals surface area (Å²) in [6.07, 6.45) is 3.89. The molecule has 1 aliphatic carbocycles. The molecule has 2 nitrogen and oxygen atoms in total. The fraction of sp³-hybridized carbons (Fsp3) is 0.588. The molecule has 2 heterocycles. The van der Waals surface area contributed by atoms with Crippen molar-refractivity contribution in [3.63, 3.8) is 0 Å². The highest BCUT2D eigenvalue weighted by atomic mass is 16.5. The van der Waals surface area contributed by atoms with E-state index in [0.29, 0.717) is 18.1 Å². The molecule has 102 valence electrons. The van der Waals surface area contributed by atoms with Gasteiger partial charge in [0.25, 0.3) is 0 Å². The number of unbranched alkanes of at least 4 members (excludes halogenated alkanes) is 1. The highest BCUT2D eigenvalue weighted by Crippen LogP contribution is 2.45. The highest BCUT2D eigenvalue weighted by molar-refractivity contribution is 5.87. The van der Waals surface area contributed by atoms with Crippen LogP contribution in [-0.2, 0) is 4.74 Å². The van der Waals surface area contributed by atoms with Crippen molar-refractivity contribution in [1.82, 2.24) is 0 Å². The van der Waals surface area contributed by atoms with Gasteiger partial charge in [0.05, 0.1) is 12.0 Å². The molecular weight excluding hydrogens is 234 g/mol. The summed E-state index contributed by atoms with van der Waals surface area (Å²) in [6, 6.07) is 9.41. The molecule has 0 saturated heterocycles. The van der Waals surface area contributed by atoms with Crippen molar-refractivity contribution in [2.24, 2.45) is 0 Å². The zero-order chi connectivity index (χ0) is 13.4. The zero-order valence-corrected chi connectivity index (χ0v) is 12.2. The Bertz CT molecular complexity index is 506. The minimum absolute atomic E-state index is 0.377. The molecule has 0 unspecified atom stereocenters. The average molecular weight is 258 g/mol. The van der Waals surface area contributed by atoms with Gasteiger partial charge in [-0.1, -0.05) is 37.6 Å². The monoisotopic (exact) mass is 258 g/mol. The first-order valence-electron chi connectivity index (χ1n) is 7.50. The Balaban J connectivity index is 1.91. The van der Waals surface area contributed by atoms with Crippen LogP contribution in [0.15, 0.2) is 24.3 Å². The Morgan fingerprint density at radius 3 is 2.74 bits per heavy atom. The van der Waals surface area contributed by atoms with E-state index >= 15 is 0 Å². The molecule has 0 N–H and O–H groups in total. The Labute approximate surface area is 116 Å². The first kappa shape index (κ1) is 12.9. The zero-order valence-electron chi connectivity index (χ0n) is 12.2. The van der Waals surface area contributed by atoms with Crippen molar-refractivity contribution in [2.75, 3.05) is 13.7 Å². The van der Waals surface area contributed by atoms with Crippen molar-refractivity contribution in [2.45, 2.75) is 51.2 Å². The molecule has 2 bridgehead atoms. The number of hydrogen-bond donors (Lipinski definition) is 0. The molecule has 1 aromatic rings. The number of nitrogens with zero attached hydrogens (tertiary/aromatic N) is 1. The van der Waals surface area contributed by atoms with Gasteiger partial charge in [-0.2, -0.15) is 0 Å². The predicted molar refractivity (Wildman–Crippen MR) is 78.1 cm³/mol. The first-order chi connectivity index (χ1) is 9.24. The van der Waals surface area contributed by atoms with E-state index in [0.717, 1.165) is 13.0 Å². The quantitative estimate of drug-likeness (QED) is 0.594. The number of benzene rings is 1. The van der Waals surface area contributed by atoms with Gasteiger partial charge in [0.2, 0.25) is 0 Å². The van der Waals surface area contributed by atoms with E-state index in [2.05, 4.69) is 49.7 Å². The van der Waals surface area contributed by atoms with Crippen LogP contribution in [0.5, 0.6) is 0 Å². The molecule has 2 aliphatic heterocycles. The van der Waals surface area contributed by atoms with E-state index in [9.17, 15) is 0 Å². The molecule has 0 amide bonds. The van der Waals surface area contributed by atoms with Crippen molar-refractivity contribution >= 4 is 5.71 Å². The third kappa shape index (κ3) is 2.02. The average Bonchev–Trinajstić information content (AvgIpc) is 2.44. The minimum atomic E-state index is 0.377. The summed E-state index contributed by atoms with van der Waals surface area (Å²) >= 11 is 0. The molecule has 19 heavy (non-hydrogen) atoms. The lowest BCUT2D eigenvalue weighted by Gasteiger charge is -2.40. The smallest absolute Gasteiger partial charge is 0.180 e.